The molecule has 1 aliphatic heterocycles. The largest absolute Gasteiger partial charge is 0.378 e. The fraction of sp³-hybridized carbons (Fsp3) is 0.500. The molecule has 0 fully saturated rings. The Labute approximate surface area is 90.3 Å². The highest BCUT2D eigenvalue weighted by Gasteiger charge is 2.25. The monoisotopic (exact) mass is 207 g/mol. The third-order valence-corrected chi connectivity index (χ3v) is 4.06. The van der Waals surface area contributed by atoms with Gasteiger partial charge < -0.3 is 5.32 Å². The molecule has 1 aromatic rings. The minimum Gasteiger partial charge on any atom is -0.378 e. The number of fused-ring (bicyclic) bond motifs is 1. The zero-order chi connectivity index (χ0) is 10.2. The summed E-state index contributed by atoms with van der Waals surface area (Å²) in [5.74, 6) is 1.15. The first-order valence-corrected chi connectivity index (χ1v) is 6.14. The van der Waals surface area contributed by atoms with Crippen LogP contribution in [0.2, 0.25) is 0 Å². The van der Waals surface area contributed by atoms with Crippen LogP contribution in [0.5, 0.6) is 0 Å². The first-order valence-electron chi connectivity index (χ1n) is 5.15. The van der Waals surface area contributed by atoms with Gasteiger partial charge in [-0.1, -0.05) is 19.1 Å². The highest BCUT2D eigenvalue weighted by molar-refractivity contribution is 7.99. The maximum Gasteiger partial charge on any atom is 0.0515 e. The third kappa shape index (κ3) is 1.76. The van der Waals surface area contributed by atoms with Crippen LogP contribution >= 0.6 is 11.8 Å². The van der Waals surface area contributed by atoms with Crippen molar-refractivity contribution in [2.75, 3.05) is 11.1 Å². The van der Waals surface area contributed by atoms with Crippen molar-refractivity contribution in [3.8, 4) is 0 Å². The molecular weight excluding hydrogens is 190 g/mol. The fourth-order valence-electron chi connectivity index (χ4n) is 1.77. The van der Waals surface area contributed by atoms with E-state index in [1.54, 1.807) is 0 Å². The molecule has 1 nitrogen and oxygen atoms in total. The van der Waals surface area contributed by atoms with Gasteiger partial charge in [0.25, 0.3) is 0 Å². The van der Waals surface area contributed by atoms with E-state index in [4.69, 9.17) is 0 Å². The number of anilines is 1. The zero-order valence-corrected chi connectivity index (χ0v) is 9.87. The van der Waals surface area contributed by atoms with Crippen molar-refractivity contribution in [1.82, 2.24) is 0 Å². The molecule has 0 bridgehead atoms. The van der Waals surface area contributed by atoms with E-state index < -0.39 is 0 Å². The van der Waals surface area contributed by atoms with Gasteiger partial charge >= 0.3 is 0 Å². The van der Waals surface area contributed by atoms with E-state index in [9.17, 15) is 0 Å². The van der Waals surface area contributed by atoms with E-state index in [1.165, 1.54) is 16.1 Å². The summed E-state index contributed by atoms with van der Waals surface area (Å²) in [7, 11) is 0. The van der Waals surface area contributed by atoms with Crippen molar-refractivity contribution in [1.29, 1.82) is 0 Å². The molecule has 0 aromatic heterocycles. The average molecular weight is 207 g/mol. The molecule has 1 N–H and O–H groups in total. The summed E-state index contributed by atoms with van der Waals surface area (Å²) in [4.78, 5) is 1.41. The zero-order valence-electron chi connectivity index (χ0n) is 9.05. The first kappa shape index (κ1) is 9.91. The molecule has 0 unspecified atom stereocenters. The lowest BCUT2D eigenvalue weighted by atomic mass is 10.0. The van der Waals surface area contributed by atoms with Crippen molar-refractivity contribution in [2.24, 2.45) is 0 Å². The Bertz CT molecular complexity index is 330. The number of rotatable bonds is 1. The van der Waals surface area contributed by atoms with Crippen LogP contribution in [0.15, 0.2) is 23.1 Å². The summed E-state index contributed by atoms with van der Waals surface area (Å²) in [6.45, 7) is 6.73. The SMILES string of the molecule is CCc1cccc2c1NC(C)(C)CS2. The lowest BCUT2D eigenvalue weighted by Crippen LogP contribution is -2.36. The van der Waals surface area contributed by atoms with Crippen molar-refractivity contribution in [2.45, 2.75) is 37.6 Å². The topological polar surface area (TPSA) is 12.0 Å². The molecule has 0 spiro atoms. The summed E-state index contributed by atoms with van der Waals surface area (Å²) in [6, 6.07) is 6.58. The Balaban J connectivity index is 2.43. The number of hydrogen-bond acceptors (Lipinski definition) is 2. The highest BCUT2D eigenvalue weighted by Crippen LogP contribution is 2.39. The van der Waals surface area contributed by atoms with Crippen LogP contribution in [0.4, 0.5) is 5.69 Å². The summed E-state index contributed by atoms with van der Waals surface area (Å²) < 4.78 is 0. The lowest BCUT2D eigenvalue weighted by Gasteiger charge is -2.34. The Morgan fingerprint density at radius 1 is 1.43 bits per heavy atom. The molecule has 0 aliphatic carbocycles. The molecule has 76 valence electrons. The van der Waals surface area contributed by atoms with Crippen molar-refractivity contribution in [3.05, 3.63) is 23.8 Å². The fourth-order valence-corrected chi connectivity index (χ4v) is 2.86. The standard InChI is InChI=1S/C12H17NS/c1-4-9-6-5-7-10-11(9)13-12(2,3)8-14-10/h5-7,13H,4,8H2,1-3H3. The van der Waals surface area contributed by atoms with Crippen molar-refractivity contribution >= 4 is 17.4 Å². The second-order valence-corrected chi connectivity index (χ2v) is 5.46. The highest BCUT2D eigenvalue weighted by atomic mass is 32.2. The van der Waals surface area contributed by atoms with E-state index >= 15 is 0 Å². The summed E-state index contributed by atoms with van der Waals surface area (Å²) in [5, 5.41) is 3.63. The van der Waals surface area contributed by atoms with Crippen LogP contribution in [0, 0.1) is 0 Å². The molecule has 1 aliphatic rings. The molecule has 0 saturated heterocycles. The minimum absolute atomic E-state index is 0.225. The molecule has 14 heavy (non-hydrogen) atoms. The van der Waals surface area contributed by atoms with E-state index in [1.807, 2.05) is 11.8 Å². The third-order valence-electron chi connectivity index (χ3n) is 2.55. The lowest BCUT2D eigenvalue weighted by molar-refractivity contribution is 0.635. The number of para-hydroxylation sites is 1. The van der Waals surface area contributed by atoms with Gasteiger partial charge in [0.1, 0.15) is 0 Å². The first-order chi connectivity index (χ1) is 6.62. The molecule has 1 heterocycles. The minimum atomic E-state index is 0.225. The average Bonchev–Trinajstić information content (AvgIpc) is 2.15. The molecule has 0 radical (unpaired) electrons. The van der Waals surface area contributed by atoms with Crippen molar-refractivity contribution < 1.29 is 0 Å². The van der Waals surface area contributed by atoms with E-state index in [0.29, 0.717) is 0 Å². The van der Waals surface area contributed by atoms with Gasteiger partial charge in [-0.25, -0.2) is 0 Å². The van der Waals surface area contributed by atoms with Crippen LogP contribution in [0.1, 0.15) is 26.3 Å². The van der Waals surface area contributed by atoms with E-state index in [0.717, 1.165) is 12.2 Å². The predicted octanol–water partition coefficient (Wildman–Crippen LogP) is 3.55. The maximum atomic E-state index is 3.63. The number of aryl methyl sites for hydroxylation is 1. The van der Waals surface area contributed by atoms with E-state index in [-0.39, 0.29) is 5.54 Å². The van der Waals surface area contributed by atoms with Crippen LogP contribution in [0.25, 0.3) is 0 Å². The normalized spacial score (nSPS) is 18.5. The van der Waals surface area contributed by atoms with Gasteiger partial charge in [0.05, 0.1) is 5.69 Å². The second-order valence-electron chi connectivity index (χ2n) is 4.44. The number of thioether (sulfide) groups is 1. The smallest absolute Gasteiger partial charge is 0.0515 e. The van der Waals surface area contributed by atoms with Gasteiger partial charge in [0.2, 0.25) is 0 Å². The van der Waals surface area contributed by atoms with Crippen LogP contribution in [0.3, 0.4) is 0 Å². The summed E-state index contributed by atoms with van der Waals surface area (Å²) in [5.41, 5.74) is 3.02. The number of benzene rings is 1. The molecular formula is C12H17NS. The number of hydrogen-bond donors (Lipinski definition) is 1. The maximum absolute atomic E-state index is 3.63. The van der Waals surface area contributed by atoms with Crippen LogP contribution < -0.4 is 5.32 Å². The van der Waals surface area contributed by atoms with Gasteiger partial charge in [-0.15, -0.1) is 11.8 Å². The van der Waals surface area contributed by atoms with Gasteiger partial charge in [-0.3, -0.25) is 0 Å². The van der Waals surface area contributed by atoms with Crippen LogP contribution in [-0.4, -0.2) is 11.3 Å². The Morgan fingerprint density at radius 3 is 2.93 bits per heavy atom. The van der Waals surface area contributed by atoms with Gasteiger partial charge in [-0.2, -0.15) is 0 Å². The van der Waals surface area contributed by atoms with Gasteiger partial charge in [0, 0.05) is 16.2 Å². The Hall–Kier alpha value is -0.630. The Kier molecular flexibility index (Phi) is 2.48. The predicted molar refractivity (Wildman–Crippen MR) is 64.2 cm³/mol. The Morgan fingerprint density at radius 2 is 2.21 bits per heavy atom. The number of nitrogens with one attached hydrogen (secondary N) is 1. The quantitative estimate of drug-likeness (QED) is 0.756. The summed E-state index contributed by atoms with van der Waals surface area (Å²) >= 11 is 1.96. The van der Waals surface area contributed by atoms with E-state index in [2.05, 4.69) is 44.3 Å². The molecule has 2 heteroatoms. The molecule has 0 atom stereocenters. The van der Waals surface area contributed by atoms with Crippen molar-refractivity contribution in [3.63, 3.8) is 0 Å². The molecule has 1 aromatic carbocycles. The van der Waals surface area contributed by atoms with Gasteiger partial charge in [-0.05, 0) is 31.9 Å². The van der Waals surface area contributed by atoms with Crippen LogP contribution in [-0.2, 0) is 6.42 Å². The molecule has 2 rings (SSSR count). The molecule has 0 saturated carbocycles. The summed E-state index contributed by atoms with van der Waals surface area (Å²) in [6.07, 6.45) is 1.10. The van der Waals surface area contributed by atoms with Gasteiger partial charge in [0.15, 0.2) is 0 Å². The molecule has 0 amide bonds. The second kappa shape index (κ2) is 3.50.